The summed E-state index contributed by atoms with van der Waals surface area (Å²) in [6, 6.07) is 0. The first-order valence-electron chi connectivity index (χ1n) is 7.27. The van der Waals surface area contributed by atoms with Crippen LogP contribution in [0.4, 0.5) is 0 Å². The summed E-state index contributed by atoms with van der Waals surface area (Å²) >= 11 is 0. The minimum Gasteiger partial charge on any atom is -0.299 e. The monoisotopic (exact) mass is 248 g/mol. The van der Waals surface area contributed by atoms with E-state index in [0.29, 0.717) is 18.1 Å². The summed E-state index contributed by atoms with van der Waals surface area (Å²) in [5, 5.41) is 4.23. The van der Waals surface area contributed by atoms with Crippen LogP contribution in [0.25, 0.3) is 0 Å². The van der Waals surface area contributed by atoms with Crippen LogP contribution in [0.5, 0.6) is 0 Å². The largest absolute Gasteiger partial charge is 0.299 e. The molecule has 0 radical (unpaired) electrons. The van der Waals surface area contributed by atoms with Crippen LogP contribution in [0.3, 0.4) is 0 Å². The highest BCUT2D eigenvalue weighted by Gasteiger charge is 2.26. The zero-order chi connectivity index (χ0) is 13.0. The van der Waals surface area contributed by atoms with Gasteiger partial charge in [-0.15, -0.1) is 0 Å². The molecule has 0 amide bonds. The Kier molecular flexibility index (Phi) is 4.56. The van der Waals surface area contributed by atoms with Crippen LogP contribution in [-0.4, -0.2) is 15.6 Å². The van der Waals surface area contributed by atoms with Crippen molar-refractivity contribution in [3.05, 3.63) is 18.0 Å². The lowest BCUT2D eigenvalue weighted by Crippen LogP contribution is -2.24. The van der Waals surface area contributed by atoms with Gasteiger partial charge in [0.15, 0.2) is 0 Å². The summed E-state index contributed by atoms with van der Waals surface area (Å²) < 4.78 is 1.89. The third-order valence-electron chi connectivity index (χ3n) is 4.20. The van der Waals surface area contributed by atoms with Crippen molar-refractivity contribution in [2.45, 2.75) is 58.9 Å². The molecule has 100 valence electrons. The van der Waals surface area contributed by atoms with Gasteiger partial charge in [-0.3, -0.25) is 9.48 Å². The van der Waals surface area contributed by atoms with Crippen molar-refractivity contribution in [2.24, 2.45) is 11.8 Å². The molecule has 3 nitrogen and oxygen atoms in total. The van der Waals surface area contributed by atoms with Crippen LogP contribution < -0.4 is 0 Å². The lowest BCUT2D eigenvalue weighted by molar-refractivity contribution is -0.123. The SMILES string of the molecule is CCC1CCCC(C(=O)Cc2cnn(CC)c2)C1. The van der Waals surface area contributed by atoms with E-state index in [-0.39, 0.29) is 0 Å². The molecule has 1 aliphatic carbocycles. The maximum atomic E-state index is 12.3. The molecule has 1 fully saturated rings. The van der Waals surface area contributed by atoms with E-state index in [1.54, 1.807) is 0 Å². The Bertz CT molecular complexity index is 397. The summed E-state index contributed by atoms with van der Waals surface area (Å²) in [6.45, 7) is 5.17. The fourth-order valence-corrected chi connectivity index (χ4v) is 2.97. The molecule has 0 N–H and O–H groups in total. The minimum absolute atomic E-state index is 0.300. The Morgan fingerprint density at radius 3 is 2.94 bits per heavy atom. The van der Waals surface area contributed by atoms with Gasteiger partial charge in [0.2, 0.25) is 0 Å². The highest BCUT2D eigenvalue weighted by molar-refractivity contribution is 5.83. The number of aromatic nitrogens is 2. The van der Waals surface area contributed by atoms with Gasteiger partial charge in [0.05, 0.1) is 6.20 Å². The van der Waals surface area contributed by atoms with Crippen molar-refractivity contribution >= 4 is 5.78 Å². The van der Waals surface area contributed by atoms with Gasteiger partial charge in [0.25, 0.3) is 0 Å². The second-order valence-corrected chi connectivity index (χ2v) is 5.49. The number of carbonyl (C=O) groups excluding carboxylic acids is 1. The predicted octanol–water partition coefficient (Wildman–Crippen LogP) is 3.23. The Balaban J connectivity index is 1.90. The van der Waals surface area contributed by atoms with E-state index in [1.165, 1.54) is 19.3 Å². The van der Waals surface area contributed by atoms with Crippen LogP contribution >= 0.6 is 0 Å². The van der Waals surface area contributed by atoms with E-state index in [2.05, 4.69) is 18.9 Å². The van der Waals surface area contributed by atoms with Gasteiger partial charge in [-0.05, 0) is 31.2 Å². The van der Waals surface area contributed by atoms with Crippen molar-refractivity contribution in [1.29, 1.82) is 0 Å². The lowest BCUT2D eigenvalue weighted by atomic mass is 9.77. The molecule has 0 aromatic carbocycles. The number of ketones is 1. The molecule has 18 heavy (non-hydrogen) atoms. The van der Waals surface area contributed by atoms with Crippen LogP contribution in [0, 0.1) is 11.8 Å². The zero-order valence-corrected chi connectivity index (χ0v) is 11.6. The molecular formula is C15H24N2O. The molecule has 2 unspecified atom stereocenters. The van der Waals surface area contributed by atoms with E-state index in [4.69, 9.17) is 0 Å². The van der Waals surface area contributed by atoms with E-state index in [1.807, 2.05) is 17.1 Å². The number of Topliss-reactive ketones (excluding diaryl/α,β-unsaturated/α-hetero) is 1. The average Bonchev–Trinajstić information content (AvgIpc) is 2.86. The first-order valence-corrected chi connectivity index (χ1v) is 7.27. The molecule has 2 atom stereocenters. The lowest BCUT2D eigenvalue weighted by Gasteiger charge is -2.27. The zero-order valence-electron chi connectivity index (χ0n) is 11.6. The number of carbonyl (C=O) groups is 1. The van der Waals surface area contributed by atoms with Gasteiger partial charge in [0, 0.05) is 25.1 Å². The van der Waals surface area contributed by atoms with Gasteiger partial charge in [-0.2, -0.15) is 5.10 Å². The second-order valence-electron chi connectivity index (χ2n) is 5.49. The van der Waals surface area contributed by atoms with Gasteiger partial charge < -0.3 is 0 Å². The summed E-state index contributed by atoms with van der Waals surface area (Å²) in [4.78, 5) is 12.3. The van der Waals surface area contributed by atoms with Gasteiger partial charge in [0.1, 0.15) is 5.78 Å². The fraction of sp³-hybridized carbons (Fsp3) is 0.733. The number of hydrogen-bond donors (Lipinski definition) is 0. The molecule has 0 spiro atoms. The maximum Gasteiger partial charge on any atom is 0.140 e. The molecule has 3 heteroatoms. The molecular weight excluding hydrogens is 224 g/mol. The topological polar surface area (TPSA) is 34.9 Å². The van der Waals surface area contributed by atoms with E-state index >= 15 is 0 Å². The van der Waals surface area contributed by atoms with E-state index in [0.717, 1.165) is 30.9 Å². The van der Waals surface area contributed by atoms with Gasteiger partial charge >= 0.3 is 0 Å². The summed E-state index contributed by atoms with van der Waals surface area (Å²) in [5.74, 6) is 1.49. The molecule has 1 aliphatic rings. The first kappa shape index (κ1) is 13.3. The number of aryl methyl sites for hydroxylation is 1. The van der Waals surface area contributed by atoms with Crippen molar-refractivity contribution in [1.82, 2.24) is 9.78 Å². The fourth-order valence-electron chi connectivity index (χ4n) is 2.97. The molecule has 0 aliphatic heterocycles. The predicted molar refractivity (Wildman–Crippen MR) is 72.4 cm³/mol. The van der Waals surface area contributed by atoms with Gasteiger partial charge in [-0.1, -0.05) is 26.2 Å². The minimum atomic E-state index is 0.300. The Labute approximate surface area is 110 Å². The molecule has 0 saturated heterocycles. The molecule has 0 bridgehead atoms. The van der Waals surface area contributed by atoms with Crippen molar-refractivity contribution in [3.63, 3.8) is 0 Å². The Morgan fingerprint density at radius 2 is 2.28 bits per heavy atom. The number of nitrogens with zero attached hydrogens (tertiary/aromatic N) is 2. The smallest absolute Gasteiger partial charge is 0.140 e. The van der Waals surface area contributed by atoms with Crippen molar-refractivity contribution in [3.8, 4) is 0 Å². The summed E-state index contributed by atoms with van der Waals surface area (Å²) in [5.41, 5.74) is 1.07. The first-order chi connectivity index (χ1) is 8.72. The van der Waals surface area contributed by atoms with E-state index in [9.17, 15) is 4.79 Å². The molecule has 1 aromatic rings. The number of hydrogen-bond acceptors (Lipinski definition) is 2. The quantitative estimate of drug-likeness (QED) is 0.802. The van der Waals surface area contributed by atoms with Crippen LogP contribution in [0.2, 0.25) is 0 Å². The third-order valence-corrected chi connectivity index (χ3v) is 4.20. The van der Waals surface area contributed by atoms with Crippen LogP contribution in [0.15, 0.2) is 12.4 Å². The maximum absolute atomic E-state index is 12.3. The third kappa shape index (κ3) is 3.21. The average molecular weight is 248 g/mol. The standard InChI is InChI=1S/C15H24N2O/c1-3-12-6-5-7-14(8-12)15(18)9-13-10-16-17(4-2)11-13/h10-12,14H,3-9H2,1-2H3. The van der Waals surface area contributed by atoms with Crippen LogP contribution in [0.1, 0.15) is 51.5 Å². The molecule has 2 rings (SSSR count). The Hall–Kier alpha value is -1.12. The van der Waals surface area contributed by atoms with Crippen LogP contribution in [-0.2, 0) is 17.8 Å². The summed E-state index contributed by atoms with van der Waals surface area (Å²) in [6.07, 6.45) is 10.4. The molecule has 1 heterocycles. The Morgan fingerprint density at radius 1 is 1.44 bits per heavy atom. The van der Waals surface area contributed by atoms with Gasteiger partial charge in [-0.25, -0.2) is 0 Å². The number of rotatable bonds is 5. The highest BCUT2D eigenvalue weighted by atomic mass is 16.1. The van der Waals surface area contributed by atoms with Crippen molar-refractivity contribution < 1.29 is 4.79 Å². The van der Waals surface area contributed by atoms with Crippen molar-refractivity contribution in [2.75, 3.05) is 0 Å². The molecule has 1 aromatic heterocycles. The van der Waals surface area contributed by atoms with E-state index < -0.39 is 0 Å². The second kappa shape index (κ2) is 6.17. The summed E-state index contributed by atoms with van der Waals surface area (Å²) in [7, 11) is 0. The molecule has 1 saturated carbocycles. The highest BCUT2D eigenvalue weighted by Crippen LogP contribution is 2.32. The normalized spacial score (nSPS) is 24.1.